The molecule has 0 bridgehead atoms. The smallest absolute Gasteiger partial charge is 0.0478 e. The van der Waals surface area contributed by atoms with Gasteiger partial charge in [0.1, 0.15) is 0 Å². The van der Waals surface area contributed by atoms with Gasteiger partial charge < -0.3 is 10.6 Å². The number of anilines is 1. The molecule has 17 heavy (non-hydrogen) atoms. The zero-order valence-electron chi connectivity index (χ0n) is 10.0. The van der Waals surface area contributed by atoms with Gasteiger partial charge >= 0.3 is 0 Å². The molecule has 2 aliphatic heterocycles. The van der Waals surface area contributed by atoms with Gasteiger partial charge in [-0.3, -0.25) is 4.90 Å². The molecule has 3 rings (SSSR count). The molecule has 0 radical (unpaired) electrons. The van der Waals surface area contributed by atoms with Crippen LogP contribution in [0.25, 0.3) is 0 Å². The highest BCUT2D eigenvalue weighted by Crippen LogP contribution is 2.31. The second-order valence-corrected chi connectivity index (χ2v) is 5.77. The first-order chi connectivity index (χ1) is 8.42. The number of nitrogens with one attached hydrogen (secondary N) is 2. The van der Waals surface area contributed by atoms with Crippen LogP contribution < -0.4 is 10.6 Å². The van der Waals surface area contributed by atoms with Crippen LogP contribution in [0.15, 0.2) is 23.1 Å². The summed E-state index contributed by atoms with van der Waals surface area (Å²) in [6.07, 6.45) is 0. The topological polar surface area (TPSA) is 27.3 Å². The quantitative estimate of drug-likeness (QED) is 0.833. The predicted octanol–water partition coefficient (Wildman–Crippen LogP) is 1.61. The van der Waals surface area contributed by atoms with E-state index in [9.17, 15) is 0 Å². The first kappa shape index (κ1) is 11.4. The summed E-state index contributed by atoms with van der Waals surface area (Å²) < 4.78 is 0. The van der Waals surface area contributed by atoms with Crippen molar-refractivity contribution in [3.8, 4) is 0 Å². The van der Waals surface area contributed by atoms with E-state index in [4.69, 9.17) is 0 Å². The molecule has 0 aliphatic carbocycles. The van der Waals surface area contributed by atoms with E-state index in [1.165, 1.54) is 35.0 Å². The Balaban J connectivity index is 1.70. The summed E-state index contributed by atoms with van der Waals surface area (Å²) in [7, 11) is 0. The monoisotopic (exact) mass is 249 g/mol. The lowest BCUT2D eigenvalue weighted by molar-refractivity contribution is 0.233. The maximum Gasteiger partial charge on any atom is 0.0478 e. The zero-order chi connectivity index (χ0) is 11.5. The van der Waals surface area contributed by atoms with Crippen molar-refractivity contribution in [2.24, 2.45) is 0 Å². The SMILES string of the molecule is c1cc2c(cc1CN1CCNCC1)SCCN2. The lowest BCUT2D eigenvalue weighted by Crippen LogP contribution is -2.42. The molecule has 0 amide bonds. The normalized spacial score (nSPS) is 20.7. The molecular weight excluding hydrogens is 230 g/mol. The third-order valence-corrected chi connectivity index (χ3v) is 4.39. The Morgan fingerprint density at radius 2 is 2.06 bits per heavy atom. The molecular formula is C13H19N3S. The Morgan fingerprint density at radius 3 is 2.94 bits per heavy atom. The third-order valence-electron chi connectivity index (χ3n) is 3.34. The van der Waals surface area contributed by atoms with Crippen LogP contribution in [0.5, 0.6) is 0 Å². The molecule has 4 heteroatoms. The van der Waals surface area contributed by atoms with Crippen LogP contribution in [0.3, 0.4) is 0 Å². The van der Waals surface area contributed by atoms with Crippen LogP contribution in [0.2, 0.25) is 0 Å². The molecule has 0 spiro atoms. The average molecular weight is 249 g/mol. The van der Waals surface area contributed by atoms with Crippen LogP contribution in [-0.4, -0.2) is 43.4 Å². The van der Waals surface area contributed by atoms with Gasteiger partial charge in [-0.1, -0.05) is 6.07 Å². The molecule has 0 unspecified atom stereocenters. The Hall–Kier alpha value is -0.710. The van der Waals surface area contributed by atoms with Crippen molar-refractivity contribution in [3.63, 3.8) is 0 Å². The molecule has 2 heterocycles. The molecule has 0 atom stereocenters. The number of benzene rings is 1. The number of fused-ring (bicyclic) bond motifs is 1. The van der Waals surface area contributed by atoms with Crippen LogP contribution in [0.1, 0.15) is 5.56 Å². The second kappa shape index (κ2) is 5.29. The lowest BCUT2D eigenvalue weighted by atomic mass is 10.1. The van der Waals surface area contributed by atoms with Crippen molar-refractivity contribution in [1.29, 1.82) is 0 Å². The van der Waals surface area contributed by atoms with E-state index in [1.54, 1.807) is 0 Å². The Kier molecular flexibility index (Phi) is 3.54. The standard InChI is InChI=1S/C13H19N3S/c1-2-12-13(17-8-5-15-12)9-11(1)10-16-6-3-14-4-7-16/h1-2,9,14-15H,3-8,10H2. The van der Waals surface area contributed by atoms with Gasteiger partial charge in [0.25, 0.3) is 0 Å². The fourth-order valence-electron chi connectivity index (χ4n) is 2.40. The van der Waals surface area contributed by atoms with Gasteiger partial charge in [-0.05, 0) is 17.7 Å². The van der Waals surface area contributed by atoms with Crippen LogP contribution in [0.4, 0.5) is 5.69 Å². The van der Waals surface area contributed by atoms with E-state index < -0.39 is 0 Å². The fourth-order valence-corrected chi connectivity index (χ4v) is 3.36. The minimum absolute atomic E-state index is 1.09. The van der Waals surface area contributed by atoms with Gasteiger partial charge in [-0.2, -0.15) is 0 Å². The maximum atomic E-state index is 3.45. The van der Waals surface area contributed by atoms with E-state index in [2.05, 4.69) is 33.7 Å². The summed E-state index contributed by atoms with van der Waals surface area (Å²) in [5.74, 6) is 1.18. The van der Waals surface area contributed by atoms with Gasteiger partial charge in [-0.25, -0.2) is 0 Å². The minimum atomic E-state index is 1.09. The molecule has 1 fully saturated rings. The molecule has 2 aliphatic rings. The van der Waals surface area contributed by atoms with Gasteiger partial charge in [-0.15, -0.1) is 11.8 Å². The molecule has 1 aromatic carbocycles. The first-order valence-corrected chi connectivity index (χ1v) is 7.33. The number of thioether (sulfide) groups is 1. The molecule has 92 valence electrons. The number of piperazine rings is 1. The Labute approximate surface area is 107 Å². The predicted molar refractivity (Wildman–Crippen MR) is 73.8 cm³/mol. The van der Waals surface area contributed by atoms with Crippen molar-refractivity contribution >= 4 is 17.4 Å². The molecule has 1 aromatic rings. The van der Waals surface area contributed by atoms with Crippen molar-refractivity contribution in [3.05, 3.63) is 23.8 Å². The maximum absolute atomic E-state index is 3.45. The van der Waals surface area contributed by atoms with Crippen LogP contribution >= 0.6 is 11.8 Å². The molecule has 2 N–H and O–H groups in total. The van der Waals surface area contributed by atoms with E-state index in [0.29, 0.717) is 0 Å². The summed E-state index contributed by atoms with van der Waals surface area (Å²) in [4.78, 5) is 3.95. The third kappa shape index (κ3) is 2.76. The second-order valence-electron chi connectivity index (χ2n) is 4.63. The van der Waals surface area contributed by atoms with Gasteiger partial charge in [0.2, 0.25) is 0 Å². The van der Waals surface area contributed by atoms with Gasteiger partial charge in [0.05, 0.1) is 0 Å². The Bertz CT molecular complexity index is 388. The summed E-state index contributed by atoms with van der Waals surface area (Å²) in [5, 5.41) is 6.84. The average Bonchev–Trinajstić information content (AvgIpc) is 2.40. The minimum Gasteiger partial charge on any atom is -0.383 e. The number of nitrogens with zero attached hydrogens (tertiary/aromatic N) is 1. The summed E-state index contributed by atoms with van der Waals surface area (Å²) in [5.41, 5.74) is 2.76. The highest BCUT2D eigenvalue weighted by molar-refractivity contribution is 7.99. The van der Waals surface area contributed by atoms with Crippen molar-refractivity contribution < 1.29 is 0 Å². The van der Waals surface area contributed by atoms with E-state index >= 15 is 0 Å². The number of rotatable bonds is 2. The van der Waals surface area contributed by atoms with Crippen LogP contribution in [-0.2, 0) is 6.54 Å². The lowest BCUT2D eigenvalue weighted by Gasteiger charge is -2.27. The van der Waals surface area contributed by atoms with Gasteiger partial charge in [0.15, 0.2) is 0 Å². The van der Waals surface area contributed by atoms with E-state index in [1.807, 2.05) is 11.8 Å². The van der Waals surface area contributed by atoms with Crippen molar-refractivity contribution in [2.75, 3.05) is 43.8 Å². The van der Waals surface area contributed by atoms with E-state index in [0.717, 1.165) is 26.2 Å². The Morgan fingerprint density at radius 1 is 1.18 bits per heavy atom. The molecule has 0 saturated carbocycles. The largest absolute Gasteiger partial charge is 0.383 e. The number of hydrogen-bond acceptors (Lipinski definition) is 4. The molecule has 0 aromatic heterocycles. The highest BCUT2D eigenvalue weighted by atomic mass is 32.2. The first-order valence-electron chi connectivity index (χ1n) is 6.34. The summed E-state index contributed by atoms with van der Waals surface area (Å²) in [6.45, 7) is 6.78. The van der Waals surface area contributed by atoms with Gasteiger partial charge in [0, 0.05) is 55.6 Å². The van der Waals surface area contributed by atoms with E-state index in [-0.39, 0.29) is 0 Å². The van der Waals surface area contributed by atoms with Crippen LogP contribution in [0, 0.1) is 0 Å². The zero-order valence-corrected chi connectivity index (χ0v) is 10.9. The van der Waals surface area contributed by atoms with Crippen molar-refractivity contribution in [2.45, 2.75) is 11.4 Å². The number of hydrogen-bond donors (Lipinski definition) is 2. The fraction of sp³-hybridized carbons (Fsp3) is 0.538. The summed E-state index contributed by atoms with van der Waals surface area (Å²) in [6, 6.07) is 6.85. The molecule has 1 saturated heterocycles. The highest BCUT2D eigenvalue weighted by Gasteiger charge is 2.13. The van der Waals surface area contributed by atoms with Crippen molar-refractivity contribution in [1.82, 2.24) is 10.2 Å². The molecule has 3 nitrogen and oxygen atoms in total. The summed E-state index contributed by atoms with van der Waals surface area (Å²) >= 11 is 1.97.